The Kier molecular flexibility index (Phi) is 7.17. The standard InChI is InChI=1S/C23H25ClFN3O3/c1-5-31-19-11-8-17(12-20(19)30-4)14(2)26-23(29)21-15(3)27-28(22(21)24)13-16-6-9-18(25)10-7-16/h6-12,14H,5,13H2,1-4H3,(H,26,29). The van der Waals surface area contributed by atoms with Gasteiger partial charge in [-0.3, -0.25) is 4.79 Å². The van der Waals surface area contributed by atoms with E-state index in [2.05, 4.69) is 10.4 Å². The van der Waals surface area contributed by atoms with Crippen LogP contribution in [0.5, 0.6) is 11.5 Å². The molecule has 0 saturated heterocycles. The van der Waals surface area contributed by atoms with Crippen molar-refractivity contribution in [1.82, 2.24) is 15.1 Å². The Hall–Kier alpha value is -3.06. The van der Waals surface area contributed by atoms with Gasteiger partial charge in [0.15, 0.2) is 11.5 Å². The number of benzene rings is 2. The Balaban J connectivity index is 1.77. The van der Waals surface area contributed by atoms with Gasteiger partial charge in [0.25, 0.3) is 5.91 Å². The summed E-state index contributed by atoms with van der Waals surface area (Å²) >= 11 is 6.47. The maximum absolute atomic E-state index is 13.1. The zero-order valence-electron chi connectivity index (χ0n) is 17.9. The molecule has 3 aromatic rings. The third kappa shape index (κ3) is 5.17. The molecular weight excluding hydrogens is 421 g/mol. The number of rotatable bonds is 8. The Morgan fingerprint density at radius 1 is 1.23 bits per heavy atom. The van der Waals surface area contributed by atoms with Crippen molar-refractivity contribution in [2.45, 2.75) is 33.4 Å². The van der Waals surface area contributed by atoms with E-state index in [9.17, 15) is 9.18 Å². The molecule has 6 nitrogen and oxygen atoms in total. The first-order valence-corrected chi connectivity index (χ1v) is 10.3. The molecular formula is C23H25ClFN3O3. The number of hydrogen-bond acceptors (Lipinski definition) is 4. The van der Waals surface area contributed by atoms with Crippen molar-refractivity contribution in [2.75, 3.05) is 13.7 Å². The average molecular weight is 446 g/mol. The predicted molar refractivity (Wildman–Crippen MR) is 118 cm³/mol. The lowest BCUT2D eigenvalue weighted by molar-refractivity contribution is 0.0939. The van der Waals surface area contributed by atoms with Gasteiger partial charge in [-0.15, -0.1) is 0 Å². The summed E-state index contributed by atoms with van der Waals surface area (Å²) in [6.45, 7) is 6.37. The summed E-state index contributed by atoms with van der Waals surface area (Å²) in [6, 6.07) is 11.3. The summed E-state index contributed by atoms with van der Waals surface area (Å²) < 4.78 is 25.6. The minimum Gasteiger partial charge on any atom is -0.493 e. The molecule has 1 N–H and O–H groups in total. The number of aromatic nitrogens is 2. The van der Waals surface area contributed by atoms with Crippen molar-refractivity contribution in [2.24, 2.45) is 0 Å². The second-order valence-corrected chi connectivity index (χ2v) is 7.43. The molecule has 1 amide bonds. The maximum atomic E-state index is 13.1. The van der Waals surface area contributed by atoms with Gasteiger partial charge in [0.2, 0.25) is 0 Å². The van der Waals surface area contributed by atoms with E-state index in [1.807, 2.05) is 32.0 Å². The van der Waals surface area contributed by atoms with Crippen molar-refractivity contribution < 1.29 is 18.7 Å². The third-order valence-corrected chi connectivity index (χ3v) is 5.26. The Morgan fingerprint density at radius 2 is 1.94 bits per heavy atom. The number of carbonyl (C=O) groups excluding carboxylic acids is 1. The van der Waals surface area contributed by atoms with Gasteiger partial charge in [-0.1, -0.05) is 29.8 Å². The lowest BCUT2D eigenvalue weighted by Gasteiger charge is -2.17. The van der Waals surface area contributed by atoms with E-state index in [0.717, 1.165) is 11.1 Å². The molecule has 1 atom stereocenters. The van der Waals surface area contributed by atoms with Gasteiger partial charge in [-0.05, 0) is 56.2 Å². The maximum Gasteiger partial charge on any atom is 0.256 e. The monoisotopic (exact) mass is 445 g/mol. The molecule has 1 heterocycles. The van der Waals surface area contributed by atoms with Crippen molar-refractivity contribution in [1.29, 1.82) is 0 Å². The van der Waals surface area contributed by atoms with Crippen LogP contribution in [0.1, 0.15) is 47.1 Å². The Bertz CT molecular complexity index is 1070. The third-order valence-electron chi connectivity index (χ3n) is 4.87. The Morgan fingerprint density at radius 3 is 2.58 bits per heavy atom. The number of nitrogens with one attached hydrogen (secondary N) is 1. The Labute approximate surface area is 185 Å². The molecule has 3 rings (SSSR count). The highest BCUT2D eigenvalue weighted by atomic mass is 35.5. The molecule has 164 valence electrons. The van der Waals surface area contributed by atoms with Gasteiger partial charge < -0.3 is 14.8 Å². The summed E-state index contributed by atoms with van der Waals surface area (Å²) in [4.78, 5) is 12.9. The molecule has 1 unspecified atom stereocenters. The number of ether oxygens (including phenoxy) is 2. The minimum atomic E-state index is -0.326. The molecule has 1 aromatic heterocycles. The SMILES string of the molecule is CCOc1ccc(C(C)NC(=O)c2c(C)nn(Cc3ccc(F)cc3)c2Cl)cc1OC. The van der Waals surface area contributed by atoms with Crippen LogP contribution in [0, 0.1) is 12.7 Å². The van der Waals surface area contributed by atoms with Gasteiger partial charge >= 0.3 is 0 Å². The summed E-state index contributed by atoms with van der Waals surface area (Å²) in [5.41, 5.74) is 2.52. The second kappa shape index (κ2) is 9.83. The van der Waals surface area contributed by atoms with Crippen molar-refractivity contribution in [3.8, 4) is 11.5 Å². The molecule has 0 spiro atoms. The van der Waals surface area contributed by atoms with Gasteiger partial charge in [0.05, 0.1) is 37.6 Å². The van der Waals surface area contributed by atoms with Crippen molar-refractivity contribution >= 4 is 17.5 Å². The highest BCUT2D eigenvalue weighted by molar-refractivity contribution is 6.33. The van der Waals surface area contributed by atoms with Gasteiger partial charge in [-0.25, -0.2) is 9.07 Å². The fourth-order valence-corrected chi connectivity index (χ4v) is 3.58. The molecule has 0 saturated carbocycles. The van der Waals surface area contributed by atoms with E-state index >= 15 is 0 Å². The molecule has 8 heteroatoms. The smallest absolute Gasteiger partial charge is 0.256 e. The van der Waals surface area contributed by atoms with Crippen LogP contribution in [0.15, 0.2) is 42.5 Å². The number of nitrogens with zero attached hydrogens (tertiary/aromatic N) is 2. The van der Waals surface area contributed by atoms with E-state index in [-0.39, 0.29) is 22.9 Å². The molecule has 0 fully saturated rings. The van der Waals surface area contributed by atoms with Crippen LogP contribution in [0.2, 0.25) is 5.15 Å². The molecule has 0 aliphatic heterocycles. The van der Waals surface area contributed by atoms with Crippen LogP contribution in [-0.2, 0) is 6.54 Å². The van der Waals surface area contributed by atoms with Crippen molar-refractivity contribution in [3.05, 3.63) is 75.8 Å². The van der Waals surface area contributed by atoms with Crippen LogP contribution in [0.25, 0.3) is 0 Å². The molecule has 2 aromatic carbocycles. The molecule has 31 heavy (non-hydrogen) atoms. The van der Waals surface area contributed by atoms with Crippen LogP contribution in [-0.4, -0.2) is 29.4 Å². The van der Waals surface area contributed by atoms with Crippen molar-refractivity contribution in [3.63, 3.8) is 0 Å². The lowest BCUT2D eigenvalue weighted by atomic mass is 10.1. The molecule has 0 bridgehead atoms. The first-order valence-electron chi connectivity index (χ1n) is 9.93. The van der Waals surface area contributed by atoms with Crippen LogP contribution >= 0.6 is 11.6 Å². The number of halogens is 2. The quantitative estimate of drug-likeness (QED) is 0.534. The van der Waals surface area contributed by atoms with Gasteiger partial charge in [0.1, 0.15) is 11.0 Å². The number of hydrogen-bond donors (Lipinski definition) is 1. The highest BCUT2D eigenvalue weighted by Gasteiger charge is 2.22. The van der Waals surface area contributed by atoms with Crippen LogP contribution in [0.3, 0.4) is 0 Å². The largest absolute Gasteiger partial charge is 0.493 e. The van der Waals surface area contributed by atoms with Crippen LogP contribution in [0.4, 0.5) is 4.39 Å². The van der Waals surface area contributed by atoms with E-state index in [0.29, 0.717) is 35.9 Å². The van der Waals surface area contributed by atoms with E-state index in [1.54, 1.807) is 26.2 Å². The highest BCUT2D eigenvalue weighted by Crippen LogP contribution is 2.30. The molecule has 0 radical (unpaired) electrons. The number of carbonyl (C=O) groups is 1. The van der Waals surface area contributed by atoms with Crippen LogP contribution < -0.4 is 14.8 Å². The molecule has 0 aliphatic carbocycles. The fraction of sp³-hybridized carbons (Fsp3) is 0.304. The molecule has 0 aliphatic rings. The van der Waals surface area contributed by atoms with E-state index in [4.69, 9.17) is 21.1 Å². The van der Waals surface area contributed by atoms with Gasteiger partial charge in [0, 0.05) is 0 Å². The summed E-state index contributed by atoms with van der Waals surface area (Å²) in [6.07, 6.45) is 0. The second-order valence-electron chi connectivity index (χ2n) is 7.07. The fourth-order valence-electron chi connectivity index (χ4n) is 3.26. The lowest BCUT2D eigenvalue weighted by Crippen LogP contribution is -2.27. The first kappa shape index (κ1) is 22.6. The normalized spacial score (nSPS) is 11.8. The minimum absolute atomic E-state index is 0.232. The summed E-state index contributed by atoms with van der Waals surface area (Å²) in [7, 11) is 1.57. The zero-order valence-corrected chi connectivity index (χ0v) is 18.7. The topological polar surface area (TPSA) is 65.4 Å². The number of amides is 1. The van der Waals surface area contributed by atoms with E-state index < -0.39 is 0 Å². The first-order chi connectivity index (χ1) is 14.8. The summed E-state index contributed by atoms with van der Waals surface area (Å²) in [5.74, 6) is 0.606. The number of aryl methyl sites for hydroxylation is 1. The average Bonchev–Trinajstić information content (AvgIpc) is 3.03. The van der Waals surface area contributed by atoms with Gasteiger partial charge in [-0.2, -0.15) is 5.10 Å². The van der Waals surface area contributed by atoms with E-state index in [1.165, 1.54) is 16.8 Å². The zero-order chi connectivity index (χ0) is 22.5. The summed E-state index contributed by atoms with van der Waals surface area (Å²) in [5, 5.41) is 7.57. The predicted octanol–water partition coefficient (Wildman–Crippen LogP) is 4.93. The number of methoxy groups -OCH3 is 1.